The number of fused-ring (bicyclic) bond motifs is 2. The van der Waals surface area contributed by atoms with Gasteiger partial charge in [-0.25, -0.2) is 0 Å². The summed E-state index contributed by atoms with van der Waals surface area (Å²) in [6.07, 6.45) is 0. The van der Waals surface area contributed by atoms with E-state index in [2.05, 4.69) is 23.3 Å². The molecular weight excluding hydrogens is 300 g/mol. The number of pyridine rings is 1. The van der Waals surface area contributed by atoms with Crippen LogP contribution in [0.2, 0.25) is 0 Å². The number of benzene rings is 2. The Balaban J connectivity index is 2.05. The molecule has 0 saturated heterocycles. The summed E-state index contributed by atoms with van der Waals surface area (Å²) in [5.74, 6) is 0.769. The van der Waals surface area contributed by atoms with E-state index in [1.807, 2.05) is 49.5 Å². The van der Waals surface area contributed by atoms with Crippen molar-refractivity contribution in [3.05, 3.63) is 52.7 Å². The van der Waals surface area contributed by atoms with Crippen molar-refractivity contribution in [2.75, 3.05) is 26.2 Å². The fourth-order valence-electron chi connectivity index (χ4n) is 3.22. The van der Waals surface area contributed by atoms with Crippen molar-refractivity contribution >= 4 is 21.8 Å². The van der Waals surface area contributed by atoms with Crippen LogP contribution in [0.1, 0.15) is 13.8 Å². The number of para-hydroxylation sites is 2. The molecule has 0 aliphatic heterocycles. The second-order valence-corrected chi connectivity index (χ2v) is 5.93. The molecule has 4 nitrogen and oxygen atoms in total. The van der Waals surface area contributed by atoms with E-state index in [4.69, 9.17) is 4.74 Å². The average Bonchev–Trinajstić information content (AvgIpc) is 2.63. The molecule has 0 N–H and O–H groups in total. The van der Waals surface area contributed by atoms with Crippen LogP contribution in [0.3, 0.4) is 0 Å². The molecule has 1 heterocycles. The van der Waals surface area contributed by atoms with Gasteiger partial charge in [-0.05, 0) is 37.4 Å². The van der Waals surface area contributed by atoms with Gasteiger partial charge in [0.25, 0.3) is 0 Å². The van der Waals surface area contributed by atoms with Crippen LogP contribution in [0.5, 0.6) is 5.75 Å². The normalized spacial score (nSPS) is 11.5. The summed E-state index contributed by atoms with van der Waals surface area (Å²) in [4.78, 5) is 15.1. The third kappa shape index (κ3) is 2.89. The Bertz CT molecular complexity index is 911. The summed E-state index contributed by atoms with van der Waals surface area (Å²) >= 11 is 0. The van der Waals surface area contributed by atoms with Crippen LogP contribution >= 0.6 is 0 Å². The topological polar surface area (TPSA) is 34.5 Å². The molecule has 0 fully saturated rings. The third-order valence-corrected chi connectivity index (χ3v) is 4.65. The van der Waals surface area contributed by atoms with Crippen molar-refractivity contribution in [1.29, 1.82) is 0 Å². The van der Waals surface area contributed by atoms with E-state index in [1.54, 1.807) is 0 Å². The summed E-state index contributed by atoms with van der Waals surface area (Å²) < 4.78 is 8.09. The molecule has 24 heavy (non-hydrogen) atoms. The lowest BCUT2D eigenvalue weighted by Crippen LogP contribution is -2.28. The van der Waals surface area contributed by atoms with E-state index in [1.165, 1.54) is 0 Å². The molecule has 3 aromatic rings. The fourth-order valence-corrected chi connectivity index (χ4v) is 3.22. The quantitative estimate of drug-likeness (QED) is 0.652. The van der Waals surface area contributed by atoms with Gasteiger partial charge >= 0.3 is 0 Å². The largest absolute Gasteiger partial charge is 0.490 e. The lowest BCUT2D eigenvalue weighted by Gasteiger charge is -2.19. The molecule has 0 saturated carbocycles. The minimum absolute atomic E-state index is 0.0629. The molecule has 0 aliphatic carbocycles. The highest BCUT2D eigenvalue weighted by Crippen LogP contribution is 2.26. The monoisotopic (exact) mass is 324 g/mol. The highest BCUT2D eigenvalue weighted by Gasteiger charge is 2.12. The molecule has 1 aromatic heterocycles. The first-order valence-corrected chi connectivity index (χ1v) is 8.53. The second kappa shape index (κ2) is 7.05. The summed E-state index contributed by atoms with van der Waals surface area (Å²) in [6, 6.07) is 13.4. The van der Waals surface area contributed by atoms with Gasteiger partial charge in [-0.2, -0.15) is 0 Å². The van der Waals surface area contributed by atoms with Crippen molar-refractivity contribution in [2.24, 2.45) is 7.05 Å². The first-order valence-electron chi connectivity index (χ1n) is 8.53. The van der Waals surface area contributed by atoms with Gasteiger partial charge in [0.2, 0.25) is 0 Å². The van der Waals surface area contributed by atoms with Gasteiger partial charge in [0.05, 0.1) is 16.4 Å². The van der Waals surface area contributed by atoms with E-state index in [0.29, 0.717) is 12.0 Å². The zero-order valence-corrected chi connectivity index (χ0v) is 14.6. The maximum atomic E-state index is 12.8. The number of hydrogen-bond acceptors (Lipinski definition) is 3. The molecule has 0 aliphatic rings. The van der Waals surface area contributed by atoms with Gasteiger partial charge in [0.15, 0.2) is 5.43 Å². The van der Waals surface area contributed by atoms with Crippen molar-refractivity contribution in [3.8, 4) is 5.75 Å². The molecule has 0 unspecified atom stereocenters. The van der Waals surface area contributed by atoms with E-state index >= 15 is 0 Å². The lowest BCUT2D eigenvalue weighted by atomic mass is 10.1. The second-order valence-electron chi connectivity index (χ2n) is 5.93. The molecular formula is C20H24N2O2. The van der Waals surface area contributed by atoms with Crippen LogP contribution in [0, 0.1) is 0 Å². The molecule has 0 spiro atoms. The third-order valence-electron chi connectivity index (χ3n) is 4.65. The Labute approximate surface area is 142 Å². The van der Waals surface area contributed by atoms with Crippen LogP contribution in [0.15, 0.2) is 47.3 Å². The molecule has 0 bridgehead atoms. The Morgan fingerprint density at radius 3 is 2.46 bits per heavy atom. The Morgan fingerprint density at radius 2 is 1.71 bits per heavy atom. The number of rotatable bonds is 6. The highest BCUT2D eigenvalue weighted by molar-refractivity contribution is 5.96. The lowest BCUT2D eigenvalue weighted by molar-refractivity contribution is 0.224. The van der Waals surface area contributed by atoms with E-state index in [0.717, 1.165) is 41.8 Å². The highest BCUT2D eigenvalue weighted by atomic mass is 16.5. The molecule has 0 atom stereocenters. The van der Waals surface area contributed by atoms with Crippen molar-refractivity contribution < 1.29 is 4.74 Å². The molecule has 126 valence electrons. The number of likely N-dealkylation sites (N-methyl/N-ethyl adjacent to an activating group) is 1. The predicted molar refractivity (Wildman–Crippen MR) is 100.0 cm³/mol. The summed E-state index contributed by atoms with van der Waals surface area (Å²) in [6.45, 7) is 7.82. The van der Waals surface area contributed by atoms with Crippen molar-refractivity contribution in [2.45, 2.75) is 13.8 Å². The number of nitrogens with zero attached hydrogens (tertiary/aromatic N) is 2. The summed E-state index contributed by atoms with van der Waals surface area (Å²) in [5.41, 5.74) is 1.85. The van der Waals surface area contributed by atoms with Crippen molar-refractivity contribution in [1.82, 2.24) is 9.47 Å². The fraction of sp³-hybridized carbons (Fsp3) is 0.350. The zero-order valence-electron chi connectivity index (χ0n) is 14.6. The maximum absolute atomic E-state index is 12.8. The van der Waals surface area contributed by atoms with Crippen molar-refractivity contribution in [3.63, 3.8) is 0 Å². The SMILES string of the molecule is CCN(CC)CCOc1cccc2c(=O)c3ccccc3n(C)c12. The van der Waals surface area contributed by atoms with Gasteiger partial charge in [0, 0.05) is 19.0 Å². The van der Waals surface area contributed by atoms with E-state index in [-0.39, 0.29) is 5.43 Å². The molecule has 0 amide bonds. The minimum atomic E-state index is 0.0629. The molecule has 3 rings (SSSR count). The average molecular weight is 324 g/mol. The Kier molecular flexibility index (Phi) is 4.86. The van der Waals surface area contributed by atoms with Gasteiger partial charge < -0.3 is 14.2 Å². The van der Waals surface area contributed by atoms with Gasteiger partial charge in [-0.3, -0.25) is 4.79 Å². The smallest absolute Gasteiger partial charge is 0.197 e. The van der Waals surface area contributed by atoms with Crippen LogP contribution in [-0.4, -0.2) is 35.7 Å². The van der Waals surface area contributed by atoms with E-state index in [9.17, 15) is 4.79 Å². The summed E-state index contributed by atoms with van der Waals surface area (Å²) in [5, 5.41) is 1.45. The first kappa shape index (κ1) is 16.5. The number of ether oxygens (including phenoxy) is 1. The standard InChI is InChI=1S/C20H24N2O2/c1-4-22(5-2)13-14-24-18-12-8-10-16-19(18)21(3)17-11-7-6-9-15(17)20(16)23/h6-12H,4-5,13-14H2,1-3H3. The Hall–Kier alpha value is -2.33. The number of aromatic nitrogens is 1. The van der Waals surface area contributed by atoms with Crippen LogP contribution in [0.25, 0.3) is 21.8 Å². The molecule has 2 aromatic carbocycles. The number of hydrogen-bond donors (Lipinski definition) is 0. The molecule has 4 heteroatoms. The van der Waals surface area contributed by atoms with E-state index < -0.39 is 0 Å². The summed E-state index contributed by atoms with van der Waals surface area (Å²) in [7, 11) is 1.99. The maximum Gasteiger partial charge on any atom is 0.197 e. The Morgan fingerprint density at radius 1 is 1.00 bits per heavy atom. The predicted octanol–water partition coefficient (Wildman–Crippen LogP) is 3.41. The van der Waals surface area contributed by atoms with Gasteiger partial charge in [-0.1, -0.05) is 32.0 Å². The number of aryl methyl sites for hydroxylation is 1. The van der Waals surface area contributed by atoms with Crippen LogP contribution in [-0.2, 0) is 7.05 Å². The van der Waals surface area contributed by atoms with Gasteiger partial charge in [0.1, 0.15) is 12.4 Å². The van der Waals surface area contributed by atoms with Crippen LogP contribution in [0.4, 0.5) is 0 Å². The first-order chi connectivity index (χ1) is 11.7. The van der Waals surface area contributed by atoms with Gasteiger partial charge in [-0.15, -0.1) is 0 Å². The molecule has 0 radical (unpaired) electrons. The van der Waals surface area contributed by atoms with Crippen LogP contribution < -0.4 is 10.2 Å². The minimum Gasteiger partial charge on any atom is -0.490 e. The zero-order chi connectivity index (χ0) is 17.1.